The smallest absolute Gasteiger partial charge is 0.290 e. The van der Waals surface area contributed by atoms with Gasteiger partial charge in [-0.2, -0.15) is 0 Å². The Balaban J connectivity index is 2.73. The van der Waals surface area contributed by atoms with E-state index in [9.17, 15) is 4.79 Å². The molecule has 0 spiro atoms. The van der Waals surface area contributed by atoms with Crippen LogP contribution in [0.15, 0.2) is 4.99 Å². The van der Waals surface area contributed by atoms with Crippen molar-refractivity contribution in [1.29, 1.82) is 0 Å². The van der Waals surface area contributed by atoms with Crippen LogP contribution in [0.3, 0.4) is 0 Å². The van der Waals surface area contributed by atoms with Crippen LogP contribution in [0, 0.1) is 0 Å². The number of carbonyl (C=O) groups is 1. The van der Waals surface area contributed by atoms with Crippen LogP contribution in [-0.4, -0.2) is 34.8 Å². The van der Waals surface area contributed by atoms with E-state index in [2.05, 4.69) is 4.99 Å². The van der Waals surface area contributed by atoms with E-state index in [0.29, 0.717) is 0 Å². The number of amides is 1. The van der Waals surface area contributed by atoms with Gasteiger partial charge in [-0.05, 0) is 4.74 Å². The van der Waals surface area contributed by atoms with Gasteiger partial charge in [0.1, 0.15) is 0 Å². The number of nitrogens with zero attached hydrogens (tertiary/aromatic N) is 2. The van der Waals surface area contributed by atoms with Gasteiger partial charge >= 0.3 is 5.91 Å². The molecule has 1 N–H and O–H groups in total. The Hall–Kier alpha value is -1.19. The predicted molar refractivity (Wildman–Crippen MR) is 26.5 cm³/mol. The Kier molecular flexibility index (Phi) is 1.07. The zero-order valence-corrected chi connectivity index (χ0v) is 4.11. The molecule has 4 heteroatoms. The van der Waals surface area contributed by atoms with Crippen molar-refractivity contribution in [1.82, 2.24) is 0 Å². The van der Waals surface area contributed by atoms with Crippen LogP contribution in [-0.2, 0) is 4.79 Å². The molecular formula is C4H5N2O2+. The van der Waals surface area contributed by atoms with Gasteiger partial charge in [0, 0.05) is 0 Å². The molecule has 0 saturated heterocycles. The minimum absolute atomic E-state index is 0.0313. The fourth-order valence-corrected chi connectivity index (χ4v) is 0.426. The second-order valence-electron chi connectivity index (χ2n) is 1.42. The van der Waals surface area contributed by atoms with Crippen molar-refractivity contribution in [3.63, 3.8) is 0 Å². The molecule has 1 rings (SSSR count). The molecule has 0 unspecified atom stereocenters. The van der Waals surface area contributed by atoms with Crippen LogP contribution in [0.25, 0.3) is 0 Å². The van der Waals surface area contributed by atoms with E-state index in [1.54, 1.807) is 0 Å². The molecule has 0 radical (unpaired) electrons. The highest BCUT2D eigenvalue weighted by molar-refractivity contribution is 6.17. The van der Waals surface area contributed by atoms with E-state index in [4.69, 9.17) is 5.21 Å². The molecule has 42 valence electrons. The van der Waals surface area contributed by atoms with Crippen LogP contribution in [0.4, 0.5) is 0 Å². The lowest BCUT2D eigenvalue weighted by molar-refractivity contribution is -0.762. The van der Waals surface area contributed by atoms with Crippen molar-refractivity contribution in [3.8, 4) is 0 Å². The summed E-state index contributed by atoms with van der Waals surface area (Å²) in [5.74, 6) is -0.324. The van der Waals surface area contributed by atoms with Crippen LogP contribution >= 0.6 is 0 Å². The van der Waals surface area contributed by atoms with Gasteiger partial charge in [-0.1, -0.05) is 0 Å². The monoisotopic (exact) mass is 113 g/mol. The Morgan fingerprint density at radius 2 is 2.62 bits per heavy atom. The molecule has 8 heavy (non-hydrogen) atoms. The van der Waals surface area contributed by atoms with Gasteiger partial charge in [0.25, 0.3) is 6.54 Å². The lowest BCUT2D eigenvalue weighted by Crippen LogP contribution is -2.21. The summed E-state index contributed by atoms with van der Waals surface area (Å²) in [4.78, 5) is 13.6. The van der Waals surface area contributed by atoms with E-state index in [0.717, 1.165) is 4.74 Å². The average molecular weight is 113 g/mol. The number of hydroxylamine groups is 1. The summed E-state index contributed by atoms with van der Waals surface area (Å²) in [5, 5.41) is 8.55. The van der Waals surface area contributed by atoms with Crippen LogP contribution < -0.4 is 0 Å². The molecule has 0 atom stereocenters. The fraction of sp³-hybridized carbons (Fsp3) is 0.250. The lowest BCUT2D eigenvalue weighted by atomic mass is 10.5. The third kappa shape index (κ3) is 0.900. The molecule has 1 heterocycles. The molecule has 1 aliphatic heterocycles. The highest BCUT2D eigenvalue weighted by Gasteiger charge is 2.11. The van der Waals surface area contributed by atoms with E-state index in [1.165, 1.54) is 12.4 Å². The molecule has 0 saturated carbocycles. The van der Waals surface area contributed by atoms with Crippen molar-refractivity contribution in [2.45, 2.75) is 0 Å². The summed E-state index contributed by atoms with van der Waals surface area (Å²) in [6.07, 6.45) is 2.58. The van der Waals surface area contributed by atoms with E-state index >= 15 is 0 Å². The Bertz CT molecular complexity index is 171. The Labute approximate surface area is 45.7 Å². The Morgan fingerprint density at radius 1 is 1.88 bits per heavy atom. The quantitative estimate of drug-likeness (QED) is 0.326. The standard InChI is InChI=1S/C4H5N2O2/c7-4-3-6(8)2-1-5-4/h1-2,8H,3H2/q+1. The average Bonchev–Trinajstić information content (AvgIpc) is 1.64. The summed E-state index contributed by atoms with van der Waals surface area (Å²) in [5.41, 5.74) is 0. The molecule has 0 aromatic heterocycles. The highest BCUT2D eigenvalue weighted by atomic mass is 16.5. The summed E-state index contributed by atoms with van der Waals surface area (Å²) < 4.78 is 0.787. The van der Waals surface area contributed by atoms with Crippen LogP contribution in [0.1, 0.15) is 0 Å². The molecule has 4 nitrogen and oxygen atoms in total. The fourth-order valence-electron chi connectivity index (χ4n) is 0.426. The molecule has 1 aliphatic rings. The topological polar surface area (TPSA) is 52.7 Å². The number of rotatable bonds is 0. The van der Waals surface area contributed by atoms with Crippen LogP contribution in [0.5, 0.6) is 0 Å². The zero-order chi connectivity index (χ0) is 5.98. The largest absolute Gasteiger partial charge is 0.316 e. The maximum Gasteiger partial charge on any atom is 0.316 e. The summed E-state index contributed by atoms with van der Waals surface area (Å²) >= 11 is 0. The minimum atomic E-state index is -0.324. The van der Waals surface area contributed by atoms with Gasteiger partial charge in [0.05, 0.1) is 6.21 Å². The molecule has 0 bridgehead atoms. The third-order valence-corrected chi connectivity index (χ3v) is 0.755. The van der Waals surface area contributed by atoms with Gasteiger partial charge < -0.3 is 0 Å². The second-order valence-corrected chi connectivity index (χ2v) is 1.42. The summed E-state index contributed by atoms with van der Waals surface area (Å²) in [6.45, 7) is -0.0313. The maximum atomic E-state index is 10.3. The number of carbonyl (C=O) groups excluding carboxylic acids is 1. The van der Waals surface area contributed by atoms with Gasteiger partial charge in [0.2, 0.25) is 6.21 Å². The van der Waals surface area contributed by atoms with Gasteiger partial charge in [-0.3, -0.25) is 10.0 Å². The first kappa shape index (κ1) is 4.96. The summed E-state index contributed by atoms with van der Waals surface area (Å²) in [7, 11) is 0. The van der Waals surface area contributed by atoms with E-state index in [1.807, 2.05) is 0 Å². The lowest BCUT2D eigenvalue weighted by Gasteiger charge is -1.89. The predicted octanol–water partition coefficient (Wildman–Crippen LogP) is -0.930. The number of hydrogen-bond acceptors (Lipinski definition) is 2. The molecule has 0 fully saturated rings. The van der Waals surface area contributed by atoms with Gasteiger partial charge in [-0.25, -0.2) is 4.99 Å². The summed E-state index contributed by atoms with van der Waals surface area (Å²) in [6, 6.07) is 0. The van der Waals surface area contributed by atoms with Gasteiger partial charge in [-0.15, -0.1) is 0 Å². The van der Waals surface area contributed by atoms with Crippen molar-refractivity contribution in [3.05, 3.63) is 0 Å². The molecule has 0 aromatic carbocycles. The van der Waals surface area contributed by atoms with Crippen LogP contribution in [0.2, 0.25) is 0 Å². The van der Waals surface area contributed by atoms with E-state index < -0.39 is 0 Å². The van der Waals surface area contributed by atoms with E-state index in [-0.39, 0.29) is 12.5 Å². The second kappa shape index (κ2) is 1.73. The third-order valence-electron chi connectivity index (χ3n) is 0.755. The van der Waals surface area contributed by atoms with Crippen molar-refractivity contribution >= 4 is 18.3 Å². The van der Waals surface area contributed by atoms with Crippen molar-refractivity contribution in [2.24, 2.45) is 4.99 Å². The zero-order valence-electron chi connectivity index (χ0n) is 4.11. The van der Waals surface area contributed by atoms with Crippen molar-refractivity contribution in [2.75, 3.05) is 6.54 Å². The first-order valence-corrected chi connectivity index (χ1v) is 2.15. The number of aliphatic imine (C=N–C) groups is 1. The number of hydrogen-bond donors (Lipinski definition) is 1. The first-order chi connectivity index (χ1) is 3.79. The molecule has 0 aliphatic carbocycles. The van der Waals surface area contributed by atoms with Crippen molar-refractivity contribution < 1.29 is 14.7 Å². The normalized spacial score (nSPS) is 18.5. The SMILES string of the molecule is O=C1C[N+](O)=CC=N1. The first-order valence-electron chi connectivity index (χ1n) is 2.15. The molecule has 1 amide bonds. The minimum Gasteiger partial charge on any atom is -0.290 e. The molecule has 0 aromatic rings. The van der Waals surface area contributed by atoms with Gasteiger partial charge in [0.15, 0.2) is 0 Å². The maximum absolute atomic E-state index is 10.3. The highest BCUT2D eigenvalue weighted by Crippen LogP contribution is 1.78. The molecular weight excluding hydrogens is 108 g/mol. The Morgan fingerprint density at radius 3 is 3.00 bits per heavy atom.